The lowest BCUT2D eigenvalue weighted by molar-refractivity contribution is -0.384. The highest BCUT2D eigenvalue weighted by atomic mass is 16.6. The first kappa shape index (κ1) is 20.2. The van der Waals surface area contributed by atoms with Crippen molar-refractivity contribution in [1.82, 2.24) is 5.32 Å². The predicted molar refractivity (Wildman–Crippen MR) is 109 cm³/mol. The number of nitro benzene ring substituents is 1. The largest absolute Gasteiger partial charge is 0.444 e. The fourth-order valence-electron chi connectivity index (χ4n) is 4.19. The lowest BCUT2D eigenvalue weighted by Crippen LogP contribution is -2.51. The third kappa shape index (κ3) is 4.13. The van der Waals surface area contributed by atoms with Crippen molar-refractivity contribution >= 4 is 17.5 Å². The Hall–Kier alpha value is -2.57. The van der Waals surface area contributed by atoms with E-state index in [1.165, 1.54) is 6.07 Å². The van der Waals surface area contributed by atoms with Crippen LogP contribution in [0.4, 0.5) is 16.2 Å². The molecule has 1 aliphatic carbocycles. The monoisotopic (exact) mass is 387 g/mol. The topological polar surface area (TPSA) is 93.5 Å². The highest BCUT2D eigenvalue weighted by Gasteiger charge is 2.44. The van der Waals surface area contributed by atoms with Gasteiger partial charge in [0, 0.05) is 41.7 Å². The number of carbonyl (C=O) groups is 1. The van der Waals surface area contributed by atoms with Crippen LogP contribution in [0.3, 0.4) is 0 Å². The van der Waals surface area contributed by atoms with Gasteiger partial charge in [-0.2, -0.15) is 0 Å². The quantitative estimate of drug-likeness (QED) is 0.447. The Balaban J connectivity index is 1.79. The van der Waals surface area contributed by atoms with E-state index >= 15 is 0 Å². The van der Waals surface area contributed by atoms with Crippen LogP contribution in [0.2, 0.25) is 0 Å². The van der Waals surface area contributed by atoms with Gasteiger partial charge in [0.05, 0.1) is 4.92 Å². The van der Waals surface area contributed by atoms with Crippen LogP contribution in [0.5, 0.6) is 0 Å². The van der Waals surface area contributed by atoms with Crippen molar-refractivity contribution in [2.45, 2.75) is 58.6 Å². The van der Waals surface area contributed by atoms with Crippen molar-refractivity contribution in [3.8, 4) is 0 Å². The lowest BCUT2D eigenvalue weighted by Gasteiger charge is -2.45. The van der Waals surface area contributed by atoms with E-state index in [1.807, 2.05) is 20.8 Å². The maximum Gasteiger partial charge on any atom is 0.407 e. The SMILES string of the molecule is CC(C)(C)OC(=O)NCC(C)(C)[C@H]1Nc2ccc([N+](=O)[O-])cc2[C@H]2C=CC[C@H]21. The number of alkyl carbamates (subject to hydrolysis) is 1. The molecule has 7 heteroatoms. The zero-order valence-electron chi connectivity index (χ0n) is 17.1. The summed E-state index contributed by atoms with van der Waals surface area (Å²) in [6, 6.07) is 5.11. The molecule has 0 radical (unpaired) electrons. The van der Waals surface area contributed by atoms with Crippen LogP contribution < -0.4 is 10.6 Å². The molecule has 152 valence electrons. The fourth-order valence-corrected chi connectivity index (χ4v) is 4.19. The number of amides is 1. The minimum absolute atomic E-state index is 0.108. The Morgan fingerprint density at radius 1 is 1.32 bits per heavy atom. The molecule has 0 bridgehead atoms. The van der Waals surface area contributed by atoms with E-state index in [1.54, 1.807) is 12.1 Å². The number of hydrogen-bond acceptors (Lipinski definition) is 5. The summed E-state index contributed by atoms with van der Waals surface area (Å²) in [5.74, 6) is 0.423. The summed E-state index contributed by atoms with van der Waals surface area (Å²) in [7, 11) is 0. The molecule has 0 unspecified atom stereocenters. The molecule has 28 heavy (non-hydrogen) atoms. The highest BCUT2D eigenvalue weighted by molar-refractivity contribution is 5.68. The number of rotatable bonds is 4. The van der Waals surface area contributed by atoms with Gasteiger partial charge in [0.2, 0.25) is 0 Å². The number of non-ortho nitro benzene ring substituents is 1. The molecular formula is C21H29N3O4. The summed E-state index contributed by atoms with van der Waals surface area (Å²) in [6.07, 6.45) is 4.78. The number of anilines is 1. The molecule has 2 aliphatic rings. The molecule has 0 aromatic heterocycles. The number of allylic oxidation sites excluding steroid dienone is 2. The molecule has 7 nitrogen and oxygen atoms in total. The van der Waals surface area contributed by atoms with Gasteiger partial charge < -0.3 is 15.4 Å². The first-order valence-corrected chi connectivity index (χ1v) is 9.66. The first-order valence-electron chi connectivity index (χ1n) is 9.66. The molecule has 1 amide bonds. The Kier molecular flexibility index (Phi) is 5.12. The van der Waals surface area contributed by atoms with Crippen LogP contribution in [0.15, 0.2) is 30.4 Å². The van der Waals surface area contributed by atoms with Crippen molar-refractivity contribution in [3.05, 3.63) is 46.0 Å². The van der Waals surface area contributed by atoms with Crippen LogP contribution in [-0.4, -0.2) is 29.2 Å². The molecule has 1 heterocycles. The van der Waals surface area contributed by atoms with Crippen molar-refractivity contribution in [2.75, 3.05) is 11.9 Å². The summed E-state index contributed by atoms with van der Waals surface area (Å²) in [5, 5.41) is 17.7. The van der Waals surface area contributed by atoms with Crippen LogP contribution in [0.1, 0.15) is 52.5 Å². The van der Waals surface area contributed by atoms with Gasteiger partial charge in [0.1, 0.15) is 5.60 Å². The summed E-state index contributed by atoms with van der Waals surface area (Å²) in [4.78, 5) is 22.9. The van der Waals surface area contributed by atoms with Crippen LogP contribution in [0, 0.1) is 21.4 Å². The molecule has 2 N–H and O–H groups in total. The van der Waals surface area contributed by atoms with Gasteiger partial charge in [-0.05, 0) is 44.7 Å². The predicted octanol–water partition coefficient (Wildman–Crippen LogP) is 4.60. The normalized spacial score (nSPS) is 23.4. The highest BCUT2D eigenvalue weighted by Crippen LogP contribution is 2.49. The molecule has 1 aromatic carbocycles. The van der Waals surface area contributed by atoms with Crippen molar-refractivity contribution in [1.29, 1.82) is 0 Å². The minimum atomic E-state index is -0.536. The van der Waals surface area contributed by atoms with E-state index in [-0.39, 0.29) is 33.9 Å². The second-order valence-corrected chi connectivity index (χ2v) is 9.35. The molecule has 3 rings (SSSR count). The van der Waals surface area contributed by atoms with Crippen LogP contribution >= 0.6 is 0 Å². The minimum Gasteiger partial charge on any atom is -0.444 e. The van der Waals surface area contributed by atoms with E-state index in [4.69, 9.17) is 4.74 Å². The molecule has 0 spiro atoms. The van der Waals surface area contributed by atoms with Crippen LogP contribution in [0.25, 0.3) is 0 Å². The molecule has 0 fully saturated rings. The number of nitrogens with one attached hydrogen (secondary N) is 2. The number of ether oxygens (including phenoxy) is 1. The molecule has 1 aliphatic heterocycles. The number of benzene rings is 1. The fraction of sp³-hybridized carbons (Fsp3) is 0.571. The maximum atomic E-state index is 12.1. The molecule has 0 saturated heterocycles. The van der Waals surface area contributed by atoms with Gasteiger partial charge in [0.25, 0.3) is 5.69 Å². The number of fused-ring (bicyclic) bond motifs is 3. The zero-order valence-corrected chi connectivity index (χ0v) is 17.1. The molecular weight excluding hydrogens is 358 g/mol. The van der Waals surface area contributed by atoms with Crippen molar-refractivity contribution in [2.24, 2.45) is 11.3 Å². The summed E-state index contributed by atoms with van der Waals surface area (Å²) >= 11 is 0. The van der Waals surface area contributed by atoms with E-state index in [9.17, 15) is 14.9 Å². The van der Waals surface area contributed by atoms with Crippen LogP contribution in [-0.2, 0) is 4.74 Å². The van der Waals surface area contributed by atoms with E-state index < -0.39 is 11.7 Å². The standard InChI is InChI=1S/C21H29N3O4/c1-20(2,3)28-19(25)22-12-21(4,5)18-15-8-6-7-14(15)16-11-13(24(26)27)9-10-17(16)23-18/h6-7,9-11,14-15,18,23H,8,12H2,1-5H3,(H,22,25)/t14-,15+,18-/m0/s1. The second kappa shape index (κ2) is 7.11. The van der Waals surface area contributed by atoms with Gasteiger partial charge in [0.15, 0.2) is 0 Å². The number of nitrogens with zero attached hydrogens (tertiary/aromatic N) is 1. The van der Waals surface area contributed by atoms with E-state index in [0.29, 0.717) is 6.54 Å². The molecule has 3 atom stereocenters. The lowest BCUT2D eigenvalue weighted by atomic mass is 9.69. The van der Waals surface area contributed by atoms with Gasteiger partial charge in [-0.15, -0.1) is 0 Å². The summed E-state index contributed by atoms with van der Waals surface area (Å²) < 4.78 is 5.35. The Morgan fingerprint density at radius 3 is 2.68 bits per heavy atom. The maximum absolute atomic E-state index is 12.1. The average Bonchev–Trinajstić information content (AvgIpc) is 3.07. The second-order valence-electron chi connectivity index (χ2n) is 9.35. The van der Waals surface area contributed by atoms with Gasteiger partial charge in [-0.25, -0.2) is 4.79 Å². The van der Waals surface area contributed by atoms with Crippen molar-refractivity contribution in [3.63, 3.8) is 0 Å². The Labute approximate surface area is 165 Å². The van der Waals surface area contributed by atoms with E-state index in [2.05, 4.69) is 36.6 Å². The van der Waals surface area contributed by atoms with Gasteiger partial charge in [-0.1, -0.05) is 26.0 Å². The zero-order chi connectivity index (χ0) is 20.7. The number of carbonyl (C=O) groups excluding carboxylic acids is 1. The van der Waals surface area contributed by atoms with Gasteiger partial charge in [-0.3, -0.25) is 10.1 Å². The Bertz CT molecular complexity index is 810. The summed E-state index contributed by atoms with van der Waals surface area (Å²) in [5.41, 5.74) is 1.23. The molecule has 1 aromatic rings. The number of hydrogen-bond donors (Lipinski definition) is 2. The number of nitro groups is 1. The first-order chi connectivity index (χ1) is 13.0. The summed E-state index contributed by atoms with van der Waals surface area (Å²) in [6.45, 7) is 10.2. The van der Waals surface area contributed by atoms with Crippen molar-refractivity contribution < 1.29 is 14.5 Å². The smallest absolute Gasteiger partial charge is 0.407 e. The third-order valence-electron chi connectivity index (χ3n) is 5.49. The third-order valence-corrected chi connectivity index (χ3v) is 5.49. The van der Waals surface area contributed by atoms with E-state index in [0.717, 1.165) is 17.7 Å². The average molecular weight is 387 g/mol. The molecule has 0 saturated carbocycles. The van der Waals surface area contributed by atoms with Gasteiger partial charge >= 0.3 is 6.09 Å². The Morgan fingerprint density at radius 2 is 2.04 bits per heavy atom.